The first-order valence-electron chi connectivity index (χ1n) is 12.4. The molecule has 3 aliphatic heterocycles. The van der Waals surface area contributed by atoms with Crippen molar-refractivity contribution >= 4 is 14.3 Å². The van der Waals surface area contributed by atoms with Crippen LogP contribution in [0.4, 0.5) is 0 Å². The maximum absolute atomic E-state index is 12.7. The number of esters is 1. The molecule has 0 amide bonds. The molecule has 0 aromatic carbocycles. The van der Waals surface area contributed by atoms with Crippen molar-refractivity contribution in [1.82, 2.24) is 0 Å². The van der Waals surface area contributed by atoms with Gasteiger partial charge < -0.3 is 32.8 Å². The van der Waals surface area contributed by atoms with Gasteiger partial charge in [-0.25, -0.2) is 4.79 Å². The van der Waals surface area contributed by atoms with E-state index >= 15 is 0 Å². The van der Waals surface area contributed by atoms with Gasteiger partial charge in [-0.1, -0.05) is 20.8 Å². The van der Waals surface area contributed by atoms with E-state index in [1.54, 1.807) is 20.8 Å². The minimum Gasteiger partial charge on any atom is -0.461 e. The second kappa shape index (κ2) is 10.7. The summed E-state index contributed by atoms with van der Waals surface area (Å²) >= 11 is 0. The Morgan fingerprint density at radius 2 is 1.86 bits per heavy atom. The summed E-state index contributed by atoms with van der Waals surface area (Å²) in [5, 5.41) is 12.0. The molecule has 3 rings (SSSR count). The maximum atomic E-state index is 12.7. The molecule has 202 valence electrons. The number of carbonyl (C=O) groups excluding carboxylic acids is 1. The number of ether oxygens (including phenoxy) is 6. The largest absolute Gasteiger partial charge is 0.461 e. The number of rotatable bonds is 9. The lowest BCUT2D eigenvalue weighted by atomic mass is 9.99. The normalized spacial score (nSPS) is 32.6. The average molecular weight is 520 g/mol. The zero-order valence-electron chi connectivity index (χ0n) is 22.1. The molecule has 7 atom stereocenters. The third-order valence-corrected chi connectivity index (χ3v) is 11.5. The molecule has 3 heterocycles. The third-order valence-electron chi connectivity index (χ3n) is 7.10. The van der Waals surface area contributed by atoms with E-state index in [0.717, 1.165) is 12.8 Å². The maximum Gasteiger partial charge on any atom is 0.384 e. The van der Waals surface area contributed by atoms with Crippen molar-refractivity contribution in [1.29, 1.82) is 0 Å². The highest BCUT2D eigenvalue weighted by molar-refractivity contribution is 6.74. The van der Waals surface area contributed by atoms with Gasteiger partial charge in [0.2, 0.25) is 0 Å². The Hall–Kier alpha value is -1.15. The second-order valence-electron chi connectivity index (χ2n) is 11.3. The molecule has 12 heteroatoms. The number of carbonyl (C=O) groups is 1. The van der Waals surface area contributed by atoms with Gasteiger partial charge in [-0.15, -0.1) is 0 Å². The summed E-state index contributed by atoms with van der Waals surface area (Å²) < 4.78 is 42.0. The fraction of sp³-hybridized carbons (Fsp3) is 0.957. The molecule has 0 N–H and O–H groups in total. The minimum absolute atomic E-state index is 0.00283. The van der Waals surface area contributed by atoms with Crippen LogP contribution in [0.15, 0.2) is 0 Å². The van der Waals surface area contributed by atoms with Crippen LogP contribution >= 0.6 is 0 Å². The van der Waals surface area contributed by atoms with Gasteiger partial charge in [0.05, 0.1) is 6.61 Å². The van der Waals surface area contributed by atoms with Crippen LogP contribution in [0.3, 0.4) is 0 Å². The van der Waals surface area contributed by atoms with Crippen molar-refractivity contribution in [2.45, 2.75) is 128 Å². The molecule has 0 spiro atoms. The quantitative estimate of drug-likeness (QED) is 0.194. The van der Waals surface area contributed by atoms with Crippen LogP contribution in [0, 0.1) is 10.1 Å². The first-order valence-corrected chi connectivity index (χ1v) is 15.3. The van der Waals surface area contributed by atoms with Crippen LogP contribution in [0.5, 0.6) is 0 Å². The van der Waals surface area contributed by atoms with Crippen LogP contribution in [0.1, 0.15) is 60.8 Å². The molecule has 0 unspecified atom stereocenters. The van der Waals surface area contributed by atoms with E-state index in [1.165, 1.54) is 0 Å². The smallest absolute Gasteiger partial charge is 0.384 e. The van der Waals surface area contributed by atoms with Crippen molar-refractivity contribution in [3.63, 3.8) is 0 Å². The molecule has 11 nitrogen and oxygen atoms in total. The Balaban J connectivity index is 1.96. The molecule has 0 radical (unpaired) electrons. The van der Waals surface area contributed by atoms with Crippen LogP contribution in [-0.2, 0) is 37.6 Å². The monoisotopic (exact) mass is 519 g/mol. The van der Waals surface area contributed by atoms with Gasteiger partial charge >= 0.3 is 12.0 Å². The third kappa shape index (κ3) is 6.41. The molecule has 0 aromatic rings. The SMILES string of the molecule is CCOC(=O)[C@H]([C@@H](O[C@@H]1CCCCO1)[C@H]1O[C@H](O[Si](C)(C)C(C)(C)C)[C@H]2OC(C)(C)O[C@@H]12)[N+](=O)[O-]. The summed E-state index contributed by atoms with van der Waals surface area (Å²) in [6.07, 6.45) is -2.99. The van der Waals surface area contributed by atoms with E-state index in [-0.39, 0.29) is 11.6 Å². The predicted molar refractivity (Wildman–Crippen MR) is 127 cm³/mol. The first-order chi connectivity index (χ1) is 16.2. The lowest BCUT2D eigenvalue weighted by molar-refractivity contribution is -0.529. The van der Waals surface area contributed by atoms with Crippen LogP contribution in [-0.4, -0.2) is 81.2 Å². The van der Waals surface area contributed by atoms with Crippen molar-refractivity contribution in [3.05, 3.63) is 10.1 Å². The number of fused-ring (bicyclic) bond motifs is 1. The summed E-state index contributed by atoms with van der Waals surface area (Å²) in [4.78, 5) is 24.2. The molecule has 35 heavy (non-hydrogen) atoms. The lowest BCUT2D eigenvalue weighted by Crippen LogP contribution is -2.54. The van der Waals surface area contributed by atoms with E-state index in [2.05, 4.69) is 33.9 Å². The van der Waals surface area contributed by atoms with Gasteiger partial charge in [0.1, 0.15) is 18.3 Å². The van der Waals surface area contributed by atoms with Crippen LogP contribution in [0.25, 0.3) is 0 Å². The van der Waals surface area contributed by atoms with Crippen LogP contribution < -0.4 is 0 Å². The highest BCUT2D eigenvalue weighted by Gasteiger charge is 2.63. The standard InChI is InChI=1S/C23H41NO10Si/c1-9-28-20(25)15(24(26)27)16(30-14-12-10-11-13-29-14)17-18-19(33-23(5,6)32-18)21(31-17)34-35(7,8)22(2,3)4/h14-19,21H,9-13H2,1-8H3/t14-,15+,16-,17-,18+,19+,21-/m1/s1. The van der Waals surface area contributed by atoms with Crippen molar-refractivity contribution in [3.8, 4) is 0 Å². The van der Waals surface area contributed by atoms with E-state index in [1.807, 2.05) is 0 Å². The highest BCUT2D eigenvalue weighted by atomic mass is 28.4. The number of nitro groups is 1. The average Bonchev–Trinajstić information content (AvgIpc) is 3.20. The van der Waals surface area contributed by atoms with E-state index in [0.29, 0.717) is 13.0 Å². The minimum atomic E-state index is -2.32. The Morgan fingerprint density at radius 1 is 1.20 bits per heavy atom. The van der Waals surface area contributed by atoms with E-state index < -0.39 is 68.0 Å². The molecular formula is C23H41NO10Si. The summed E-state index contributed by atoms with van der Waals surface area (Å²) in [6.45, 7) is 16.1. The highest BCUT2D eigenvalue weighted by Crippen LogP contribution is 2.45. The summed E-state index contributed by atoms with van der Waals surface area (Å²) in [5.74, 6) is -1.96. The molecule has 3 fully saturated rings. The Kier molecular flexibility index (Phi) is 8.67. The van der Waals surface area contributed by atoms with Gasteiger partial charge in [-0.3, -0.25) is 10.1 Å². The molecule has 0 aromatic heterocycles. The fourth-order valence-electron chi connectivity index (χ4n) is 4.31. The van der Waals surface area contributed by atoms with Gasteiger partial charge in [-0.05, 0) is 58.2 Å². The zero-order valence-corrected chi connectivity index (χ0v) is 23.1. The molecule has 3 aliphatic rings. The number of hydrogen-bond donors (Lipinski definition) is 0. The first kappa shape index (κ1) is 28.4. The molecule has 3 saturated heterocycles. The second-order valence-corrected chi connectivity index (χ2v) is 16.0. The Bertz CT molecular complexity index is 764. The van der Waals surface area contributed by atoms with Crippen molar-refractivity contribution in [2.75, 3.05) is 13.2 Å². The van der Waals surface area contributed by atoms with Gasteiger partial charge in [0, 0.05) is 11.5 Å². The topological polar surface area (TPSA) is 125 Å². The van der Waals surface area contributed by atoms with Crippen molar-refractivity contribution in [2.24, 2.45) is 0 Å². The van der Waals surface area contributed by atoms with Crippen LogP contribution in [0.2, 0.25) is 18.1 Å². The number of hydrogen-bond acceptors (Lipinski definition) is 10. The van der Waals surface area contributed by atoms with Gasteiger partial charge in [-0.2, -0.15) is 0 Å². The predicted octanol–water partition coefficient (Wildman–Crippen LogP) is 3.37. The fourth-order valence-corrected chi connectivity index (χ4v) is 5.43. The lowest BCUT2D eigenvalue weighted by Gasteiger charge is -2.39. The molecular weight excluding hydrogens is 478 g/mol. The summed E-state index contributed by atoms with van der Waals surface area (Å²) in [6, 6.07) is -1.83. The Labute approximate surface area is 208 Å². The summed E-state index contributed by atoms with van der Waals surface area (Å²) in [7, 11) is -2.32. The molecule has 0 saturated carbocycles. The molecule has 0 bridgehead atoms. The Morgan fingerprint density at radius 3 is 2.40 bits per heavy atom. The van der Waals surface area contributed by atoms with Gasteiger partial charge in [0.15, 0.2) is 32.8 Å². The van der Waals surface area contributed by atoms with Gasteiger partial charge in [0.25, 0.3) is 0 Å². The van der Waals surface area contributed by atoms with Crippen molar-refractivity contribution < 1.29 is 42.6 Å². The van der Waals surface area contributed by atoms with E-state index in [9.17, 15) is 14.9 Å². The zero-order chi connectivity index (χ0) is 26.2. The number of nitrogens with zero attached hydrogens (tertiary/aromatic N) is 1. The van der Waals surface area contributed by atoms with E-state index in [4.69, 9.17) is 32.8 Å². The summed E-state index contributed by atoms with van der Waals surface area (Å²) in [5.41, 5.74) is 0. The molecule has 0 aliphatic carbocycles.